The first-order chi connectivity index (χ1) is 17.4. The second-order valence-electron chi connectivity index (χ2n) is 12.1. The molecule has 0 aromatic heterocycles. The Bertz CT molecular complexity index is 1230. The molecule has 3 unspecified atom stereocenters. The highest BCUT2D eigenvalue weighted by Gasteiger charge is 2.57. The van der Waals surface area contributed by atoms with Crippen LogP contribution in [0.15, 0.2) is 65.0 Å². The molecule has 1 fully saturated rings. The van der Waals surface area contributed by atoms with Crippen LogP contribution in [0.5, 0.6) is 0 Å². The molecular weight excluding hydrogens is 468 g/mol. The summed E-state index contributed by atoms with van der Waals surface area (Å²) in [6, 6.07) is 8.96. The Labute approximate surface area is 218 Å². The van der Waals surface area contributed by atoms with E-state index in [9.17, 15) is 14.4 Å². The summed E-state index contributed by atoms with van der Waals surface area (Å²) in [5, 5.41) is 0. The Morgan fingerprint density at radius 2 is 1.81 bits per heavy atom. The van der Waals surface area contributed by atoms with Crippen LogP contribution in [0.4, 0.5) is 10.5 Å². The second-order valence-corrected chi connectivity index (χ2v) is 12.1. The molecule has 0 N–H and O–H groups in total. The number of nitrogens with zero attached hydrogens (tertiary/aromatic N) is 2. The van der Waals surface area contributed by atoms with Gasteiger partial charge >= 0.3 is 6.09 Å². The van der Waals surface area contributed by atoms with Crippen LogP contribution in [0.3, 0.4) is 0 Å². The van der Waals surface area contributed by atoms with Gasteiger partial charge in [-0.3, -0.25) is 14.5 Å². The number of likely N-dealkylation sites (tertiary alicyclic amines) is 1. The SMILES string of the molecule is CC1=CC(O/C=C2/C(=O)N(C(=O)OC(C)(C)C)C3C4=C(CCCC4(C)C)CC23)N(c2ccccc2)C1=O. The Hall–Kier alpha value is -3.35. The van der Waals surface area contributed by atoms with E-state index < -0.39 is 17.9 Å². The van der Waals surface area contributed by atoms with Crippen molar-refractivity contribution in [2.75, 3.05) is 4.90 Å². The number of hydrogen-bond donors (Lipinski definition) is 0. The fraction of sp³-hybridized carbons (Fsp3) is 0.500. The van der Waals surface area contributed by atoms with Crippen molar-refractivity contribution in [3.05, 3.63) is 65.0 Å². The number of anilines is 1. The van der Waals surface area contributed by atoms with Crippen molar-refractivity contribution in [1.82, 2.24) is 4.90 Å². The third kappa shape index (κ3) is 4.38. The lowest BCUT2D eigenvalue weighted by atomic mass is 9.72. The average molecular weight is 505 g/mol. The van der Waals surface area contributed by atoms with Gasteiger partial charge in [-0.2, -0.15) is 0 Å². The van der Waals surface area contributed by atoms with Crippen LogP contribution in [-0.2, 0) is 19.1 Å². The van der Waals surface area contributed by atoms with Gasteiger partial charge in [0.15, 0.2) is 6.23 Å². The minimum Gasteiger partial charge on any atom is -0.474 e. The van der Waals surface area contributed by atoms with Crippen molar-refractivity contribution in [3.8, 4) is 0 Å². The van der Waals surface area contributed by atoms with E-state index in [1.54, 1.807) is 38.7 Å². The molecule has 3 amide bonds. The number of rotatable bonds is 3. The normalized spacial score (nSPS) is 28.0. The summed E-state index contributed by atoms with van der Waals surface area (Å²) >= 11 is 0. The lowest BCUT2D eigenvalue weighted by Crippen LogP contribution is -2.45. The monoisotopic (exact) mass is 504 g/mol. The smallest absolute Gasteiger partial charge is 0.417 e. The molecule has 0 saturated carbocycles. The lowest BCUT2D eigenvalue weighted by Gasteiger charge is -2.38. The number of benzene rings is 1. The maximum absolute atomic E-state index is 13.8. The van der Waals surface area contributed by atoms with Crippen LogP contribution in [-0.4, -0.2) is 40.7 Å². The largest absolute Gasteiger partial charge is 0.474 e. The molecule has 4 aliphatic rings. The van der Waals surface area contributed by atoms with E-state index in [1.165, 1.54) is 22.3 Å². The quantitative estimate of drug-likeness (QED) is 0.292. The Morgan fingerprint density at radius 3 is 2.49 bits per heavy atom. The molecule has 5 rings (SSSR count). The molecule has 1 aromatic carbocycles. The average Bonchev–Trinajstić information content (AvgIpc) is 3.40. The molecule has 3 atom stereocenters. The highest BCUT2D eigenvalue weighted by atomic mass is 16.6. The summed E-state index contributed by atoms with van der Waals surface area (Å²) in [7, 11) is 0. The molecule has 0 bridgehead atoms. The Morgan fingerprint density at radius 1 is 1.11 bits per heavy atom. The number of amides is 3. The van der Waals surface area contributed by atoms with Gasteiger partial charge in [0.2, 0.25) is 0 Å². The van der Waals surface area contributed by atoms with Gasteiger partial charge in [0.25, 0.3) is 11.8 Å². The van der Waals surface area contributed by atoms with Gasteiger partial charge in [-0.25, -0.2) is 9.69 Å². The van der Waals surface area contributed by atoms with Crippen LogP contribution in [0.2, 0.25) is 0 Å². The fourth-order valence-corrected chi connectivity index (χ4v) is 6.31. The summed E-state index contributed by atoms with van der Waals surface area (Å²) in [4.78, 5) is 42.9. The predicted molar refractivity (Wildman–Crippen MR) is 140 cm³/mol. The molecule has 0 spiro atoms. The molecule has 0 radical (unpaired) electrons. The summed E-state index contributed by atoms with van der Waals surface area (Å²) in [6.45, 7) is 11.6. The number of para-hydroxylation sites is 1. The van der Waals surface area contributed by atoms with Crippen LogP contribution in [0.1, 0.15) is 67.2 Å². The molecule has 7 heteroatoms. The maximum Gasteiger partial charge on any atom is 0.417 e. The van der Waals surface area contributed by atoms with E-state index in [0.29, 0.717) is 11.1 Å². The minimum absolute atomic E-state index is 0.105. The number of ether oxygens (including phenoxy) is 2. The van der Waals surface area contributed by atoms with E-state index >= 15 is 0 Å². The van der Waals surface area contributed by atoms with E-state index in [4.69, 9.17) is 9.47 Å². The number of carbonyl (C=O) groups is 3. The zero-order valence-electron chi connectivity index (χ0n) is 22.5. The first kappa shape index (κ1) is 25.3. The summed E-state index contributed by atoms with van der Waals surface area (Å²) in [5.74, 6) is -0.705. The zero-order chi connectivity index (χ0) is 26.7. The van der Waals surface area contributed by atoms with Crippen LogP contribution >= 0.6 is 0 Å². The highest BCUT2D eigenvalue weighted by molar-refractivity contribution is 6.08. The number of allylic oxidation sites excluding steroid dienone is 1. The summed E-state index contributed by atoms with van der Waals surface area (Å²) < 4.78 is 11.8. The van der Waals surface area contributed by atoms with E-state index in [-0.39, 0.29) is 29.2 Å². The second kappa shape index (κ2) is 8.89. The summed E-state index contributed by atoms with van der Waals surface area (Å²) in [6.07, 6.45) is 5.77. The zero-order valence-corrected chi connectivity index (χ0v) is 22.5. The molecule has 1 saturated heterocycles. The highest BCUT2D eigenvalue weighted by Crippen LogP contribution is 2.56. The number of carbonyl (C=O) groups excluding carboxylic acids is 3. The van der Waals surface area contributed by atoms with Crippen LogP contribution in [0, 0.1) is 11.3 Å². The van der Waals surface area contributed by atoms with Gasteiger partial charge in [-0.15, -0.1) is 0 Å². The number of hydrogen-bond acceptors (Lipinski definition) is 5. The number of fused-ring (bicyclic) bond motifs is 2. The lowest BCUT2D eigenvalue weighted by molar-refractivity contribution is -0.125. The first-order valence-corrected chi connectivity index (χ1v) is 13.1. The van der Waals surface area contributed by atoms with E-state index in [2.05, 4.69) is 13.8 Å². The van der Waals surface area contributed by atoms with Crippen molar-refractivity contribution >= 4 is 23.6 Å². The molecule has 7 nitrogen and oxygen atoms in total. The van der Waals surface area contributed by atoms with Gasteiger partial charge in [0.05, 0.1) is 17.9 Å². The van der Waals surface area contributed by atoms with Crippen molar-refractivity contribution in [2.24, 2.45) is 11.3 Å². The predicted octanol–water partition coefficient (Wildman–Crippen LogP) is 5.88. The molecule has 37 heavy (non-hydrogen) atoms. The third-order valence-electron chi connectivity index (χ3n) is 7.84. The van der Waals surface area contributed by atoms with Crippen molar-refractivity contribution in [1.29, 1.82) is 0 Å². The molecular formula is C30H36N2O5. The van der Waals surface area contributed by atoms with Gasteiger partial charge in [0, 0.05) is 17.2 Å². The maximum atomic E-state index is 13.8. The van der Waals surface area contributed by atoms with Crippen molar-refractivity contribution in [2.45, 2.75) is 85.1 Å². The molecule has 196 valence electrons. The molecule has 2 aliphatic carbocycles. The fourth-order valence-electron chi connectivity index (χ4n) is 6.31. The van der Waals surface area contributed by atoms with Gasteiger partial charge < -0.3 is 9.47 Å². The van der Waals surface area contributed by atoms with Gasteiger partial charge in [0.1, 0.15) is 5.60 Å². The standard InChI is InChI=1S/C30H36N2O5/c1-18-15-23(31(26(18)33)20-12-8-7-9-13-20)36-17-22-21-16-19-11-10-14-30(5,6)24(19)25(21)32(27(22)34)28(35)37-29(2,3)4/h7-9,12-13,15,17,21,23,25H,10-11,14,16H2,1-6H3/b22-17+. The molecule has 2 heterocycles. The van der Waals surface area contributed by atoms with Crippen LogP contribution < -0.4 is 4.90 Å². The molecule has 1 aromatic rings. The van der Waals surface area contributed by atoms with Gasteiger partial charge in [-0.05, 0) is 82.6 Å². The third-order valence-corrected chi connectivity index (χ3v) is 7.84. The van der Waals surface area contributed by atoms with Crippen molar-refractivity contribution < 1.29 is 23.9 Å². The topological polar surface area (TPSA) is 76.2 Å². The van der Waals surface area contributed by atoms with Crippen molar-refractivity contribution in [3.63, 3.8) is 0 Å². The van der Waals surface area contributed by atoms with E-state index in [1.807, 2.05) is 30.3 Å². The summed E-state index contributed by atoms with van der Waals surface area (Å²) in [5.41, 5.74) is 3.47. The first-order valence-electron chi connectivity index (χ1n) is 13.1. The number of imide groups is 1. The van der Waals surface area contributed by atoms with Crippen LogP contribution in [0.25, 0.3) is 0 Å². The Kier molecular flexibility index (Phi) is 6.08. The minimum atomic E-state index is -0.726. The van der Waals surface area contributed by atoms with E-state index in [0.717, 1.165) is 31.4 Å². The van der Waals surface area contributed by atoms with Gasteiger partial charge in [-0.1, -0.05) is 37.6 Å². The molecule has 2 aliphatic heterocycles. The Balaban J connectivity index is 1.49.